The van der Waals surface area contributed by atoms with Gasteiger partial charge in [-0.25, -0.2) is 9.48 Å². The molecule has 0 spiro atoms. The van der Waals surface area contributed by atoms with Crippen LogP contribution in [0.2, 0.25) is 0 Å². The molecule has 128 valence electrons. The lowest BCUT2D eigenvalue weighted by atomic mass is 10.1. The zero-order valence-electron chi connectivity index (χ0n) is 13.6. The van der Waals surface area contributed by atoms with Crippen LogP contribution in [0.1, 0.15) is 31.4 Å². The maximum atomic E-state index is 12.0. The SMILES string of the molecule is O=C(NCCC1CCCCO1)Nc1ccnn1Cc1ccccn1. The lowest BCUT2D eigenvalue weighted by Crippen LogP contribution is -2.33. The summed E-state index contributed by atoms with van der Waals surface area (Å²) < 4.78 is 7.37. The van der Waals surface area contributed by atoms with E-state index in [1.54, 1.807) is 23.1 Å². The van der Waals surface area contributed by atoms with Gasteiger partial charge in [-0.05, 0) is 37.8 Å². The first kappa shape index (κ1) is 16.4. The van der Waals surface area contributed by atoms with E-state index < -0.39 is 0 Å². The highest BCUT2D eigenvalue weighted by atomic mass is 16.5. The molecule has 1 unspecified atom stereocenters. The van der Waals surface area contributed by atoms with E-state index in [1.807, 2.05) is 18.2 Å². The van der Waals surface area contributed by atoms with E-state index in [2.05, 4.69) is 20.7 Å². The molecule has 2 N–H and O–H groups in total. The third-order valence-corrected chi connectivity index (χ3v) is 4.02. The molecule has 1 aliphatic heterocycles. The number of carbonyl (C=O) groups is 1. The Morgan fingerprint density at radius 3 is 3.04 bits per heavy atom. The fraction of sp³-hybridized carbons (Fsp3) is 0.471. The van der Waals surface area contributed by atoms with E-state index in [0.717, 1.165) is 31.6 Å². The third kappa shape index (κ3) is 4.79. The van der Waals surface area contributed by atoms with Crippen LogP contribution < -0.4 is 10.6 Å². The zero-order chi connectivity index (χ0) is 16.6. The number of rotatable bonds is 6. The minimum absolute atomic E-state index is 0.228. The quantitative estimate of drug-likeness (QED) is 0.853. The Labute approximate surface area is 141 Å². The molecule has 2 aromatic heterocycles. The first-order chi connectivity index (χ1) is 11.8. The smallest absolute Gasteiger partial charge is 0.320 e. The van der Waals surface area contributed by atoms with Crippen molar-refractivity contribution in [2.45, 2.75) is 38.3 Å². The van der Waals surface area contributed by atoms with E-state index >= 15 is 0 Å². The van der Waals surface area contributed by atoms with E-state index in [1.165, 1.54) is 6.42 Å². The molecule has 24 heavy (non-hydrogen) atoms. The molecule has 2 amide bonds. The number of nitrogens with zero attached hydrogens (tertiary/aromatic N) is 3. The van der Waals surface area contributed by atoms with Crippen molar-refractivity contribution in [1.82, 2.24) is 20.1 Å². The molecule has 0 aliphatic carbocycles. The summed E-state index contributed by atoms with van der Waals surface area (Å²) in [4.78, 5) is 16.3. The summed E-state index contributed by atoms with van der Waals surface area (Å²) in [7, 11) is 0. The lowest BCUT2D eigenvalue weighted by Gasteiger charge is -2.22. The summed E-state index contributed by atoms with van der Waals surface area (Å²) in [6.45, 7) is 1.95. The van der Waals surface area contributed by atoms with Crippen LogP contribution in [0.15, 0.2) is 36.7 Å². The van der Waals surface area contributed by atoms with Crippen molar-refractivity contribution >= 4 is 11.8 Å². The minimum atomic E-state index is -0.228. The van der Waals surface area contributed by atoms with Crippen molar-refractivity contribution in [3.63, 3.8) is 0 Å². The monoisotopic (exact) mass is 329 g/mol. The number of aromatic nitrogens is 3. The van der Waals surface area contributed by atoms with Gasteiger partial charge in [-0.2, -0.15) is 5.10 Å². The molecule has 1 atom stereocenters. The van der Waals surface area contributed by atoms with Gasteiger partial charge in [0.25, 0.3) is 0 Å². The molecule has 3 heterocycles. The van der Waals surface area contributed by atoms with Gasteiger partial charge < -0.3 is 10.1 Å². The van der Waals surface area contributed by atoms with Gasteiger partial charge in [0.2, 0.25) is 0 Å². The molecule has 7 heteroatoms. The average molecular weight is 329 g/mol. The second-order valence-corrected chi connectivity index (χ2v) is 5.85. The number of pyridine rings is 1. The second-order valence-electron chi connectivity index (χ2n) is 5.85. The third-order valence-electron chi connectivity index (χ3n) is 4.02. The highest BCUT2D eigenvalue weighted by Gasteiger charge is 2.14. The van der Waals surface area contributed by atoms with Crippen LogP contribution in [0.5, 0.6) is 0 Å². The van der Waals surface area contributed by atoms with Crippen molar-refractivity contribution in [3.05, 3.63) is 42.4 Å². The second kappa shape index (κ2) is 8.44. The van der Waals surface area contributed by atoms with Gasteiger partial charge in [0, 0.05) is 25.4 Å². The number of hydrogen-bond donors (Lipinski definition) is 2. The Morgan fingerprint density at radius 1 is 1.29 bits per heavy atom. The Morgan fingerprint density at radius 2 is 2.25 bits per heavy atom. The van der Waals surface area contributed by atoms with Gasteiger partial charge in [-0.1, -0.05) is 6.07 Å². The molecule has 0 radical (unpaired) electrons. The summed E-state index contributed by atoms with van der Waals surface area (Å²) >= 11 is 0. The Kier molecular flexibility index (Phi) is 5.79. The predicted octanol–water partition coefficient (Wildman–Crippen LogP) is 2.41. The molecule has 1 aliphatic rings. The topological polar surface area (TPSA) is 81.1 Å². The fourth-order valence-electron chi connectivity index (χ4n) is 2.75. The van der Waals surface area contributed by atoms with Gasteiger partial charge in [0.05, 0.1) is 24.5 Å². The van der Waals surface area contributed by atoms with Crippen LogP contribution in [0.3, 0.4) is 0 Å². The molecular weight excluding hydrogens is 306 g/mol. The first-order valence-corrected chi connectivity index (χ1v) is 8.39. The predicted molar refractivity (Wildman–Crippen MR) is 90.8 cm³/mol. The van der Waals surface area contributed by atoms with Gasteiger partial charge in [-0.3, -0.25) is 10.3 Å². The maximum Gasteiger partial charge on any atom is 0.320 e. The van der Waals surface area contributed by atoms with Crippen molar-refractivity contribution in [3.8, 4) is 0 Å². The molecule has 0 bridgehead atoms. The molecule has 1 saturated heterocycles. The number of ether oxygens (including phenoxy) is 1. The number of amides is 2. The summed E-state index contributed by atoms with van der Waals surface area (Å²) in [6, 6.07) is 7.27. The summed E-state index contributed by atoms with van der Waals surface area (Å²) in [5, 5.41) is 9.94. The van der Waals surface area contributed by atoms with E-state index in [4.69, 9.17) is 4.74 Å². The van der Waals surface area contributed by atoms with Gasteiger partial charge in [-0.15, -0.1) is 0 Å². The van der Waals surface area contributed by atoms with Gasteiger partial charge in [0.1, 0.15) is 5.82 Å². The maximum absolute atomic E-state index is 12.0. The number of urea groups is 1. The molecule has 0 saturated carbocycles. The largest absolute Gasteiger partial charge is 0.378 e. The highest BCUT2D eigenvalue weighted by Crippen LogP contribution is 2.15. The van der Waals surface area contributed by atoms with Gasteiger partial charge in [0.15, 0.2) is 0 Å². The molecule has 0 aromatic carbocycles. The van der Waals surface area contributed by atoms with E-state index in [0.29, 0.717) is 18.9 Å². The van der Waals surface area contributed by atoms with Crippen LogP contribution >= 0.6 is 0 Å². The van der Waals surface area contributed by atoms with Crippen molar-refractivity contribution in [1.29, 1.82) is 0 Å². The average Bonchev–Trinajstić information content (AvgIpc) is 3.03. The van der Waals surface area contributed by atoms with Gasteiger partial charge >= 0.3 is 6.03 Å². The summed E-state index contributed by atoms with van der Waals surface area (Å²) in [5.41, 5.74) is 0.888. The first-order valence-electron chi connectivity index (χ1n) is 8.39. The molecule has 2 aromatic rings. The lowest BCUT2D eigenvalue weighted by molar-refractivity contribution is 0.0120. The Bertz CT molecular complexity index is 637. The summed E-state index contributed by atoms with van der Waals surface area (Å²) in [5.74, 6) is 0.645. The van der Waals surface area contributed by atoms with Crippen molar-refractivity contribution < 1.29 is 9.53 Å². The number of carbonyl (C=O) groups excluding carboxylic acids is 1. The Balaban J connectivity index is 1.45. The van der Waals surface area contributed by atoms with Crippen LogP contribution in [0.4, 0.5) is 10.6 Å². The number of hydrogen-bond acceptors (Lipinski definition) is 4. The number of nitrogens with one attached hydrogen (secondary N) is 2. The normalized spacial score (nSPS) is 17.4. The standard InChI is InChI=1S/C17H23N5O2/c23-17(19-10-7-15-6-2-4-12-24-15)21-16-8-11-20-22(16)13-14-5-1-3-9-18-14/h1,3,5,8-9,11,15H,2,4,6-7,10,12-13H2,(H2,19,21,23). The molecule has 1 fully saturated rings. The number of anilines is 1. The van der Waals surface area contributed by atoms with E-state index in [9.17, 15) is 4.79 Å². The molecule has 3 rings (SSSR count). The van der Waals surface area contributed by atoms with Crippen molar-refractivity contribution in [2.24, 2.45) is 0 Å². The van der Waals surface area contributed by atoms with Crippen LogP contribution in [-0.4, -0.2) is 40.1 Å². The van der Waals surface area contributed by atoms with Crippen LogP contribution in [-0.2, 0) is 11.3 Å². The summed E-state index contributed by atoms with van der Waals surface area (Å²) in [6.07, 6.45) is 7.96. The van der Waals surface area contributed by atoms with E-state index in [-0.39, 0.29) is 12.1 Å². The molecule has 7 nitrogen and oxygen atoms in total. The zero-order valence-corrected chi connectivity index (χ0v) is 13.6. The molecular formula is C17H23N5O2. The Hall–Kier alpha value is -2.41. The minimum Gasteiger partial charge on any atom is -0.378 e. The van der Waals surface area contributed by atoms with Crippen LogP contribution in [0, 0.1) is 0 Å². The van der Waals surface area contributed by atoms with Crippen LogP contribution in [0.25, 0.3) is 0 Å². The van der Waals surface area contributed by atoms with Crippen molar-refractivity contribution in [2.75, 3.05) is 18.5 Å². The fourth-order valence-corrected chi connectivity index (χ4v) is 2.75. The highest BCUT2D eigenvalue weighted by molar-refractivity contribution is 5.88.